The van der Waals surface area contributed by atoms with Crippen LogP contribution in [0.5, 0.6) is 0 Å². The van der Waals surface area contributed by atoms with E-state index in [1.54, 1.807) is 0 Å². The largest absolute Gasteiger partial charge is 0.395 e. The number of allylic oxidation sites excluding steroid dienone is 1. The van der Waals surface area contributed by atoms with Crippen LogP contribution in [0.25, 0.3) is 0 Å². The minimum absolute atomic E-state index is 0.0737. The lowest BCUT2D eigenvalue weighted by Gasteiger charge is -2.00. The molecule has 0 saturated carbocycles. The van der Waals surface area contributed by atoms with Gasteiger partial charge in [0.2, 0.25) is 0 Å². The molecule has 0 bridgehead atoms. The zero-order chi connectivity index (χ0) is 6.41. The molecule has 48 valence electrons. The normalized spacial score (nSPS) is 14.9. The molecule has 0 heterocycles. The standard InChI is InChI=1S/C6H13NO/c1-2-3-4-6(7)5-8/h2-3,6,8H,4-5,7H2,1H3. The Morgan fingerprint density at radius 1 is 1.75 bits per heavy atom. The first-order valence-electron chi connectivity index (χ1n) is 2.78. The summed E-state index contributed by atoms with van der Waals surface area (Å²) in [5, 5.41) is 8.40. The van der Waals surface area contributed by atoms with Gasteiger partial charge < -0.3 is 10.8 Å². The van der Waals surface area contributed by atoms with Gasteiger partial charge in [0.1, 0.15) is 0 Å². The van der Waals surface area contributed by atoms with Crippen LogP contribution in [0.1, 0.15) is 13.3 Å². The molecular formula is C6H13NO. The van der Waals surface area contributed by atoms with Gasteiger partial charge in [0, 0.05) is 6.04 Å². The third-order valence-corrected chi connectivity index (χ3v) is 0.909. The van der Waals surface area contributed by atoms with Gasteiger partial charge in [0.25, 0.3) is 0 Å². The maximum absolute atomic E-state index is 8.40. The molecule has 0 fully saturated rings. The summed E-state index contributed by atoms with van der Waals surface area (Å²) < 4.78 is 0. The van der Waals surface area contributed by atoms with E-state index < -0.39 is 0 Å². The molecule has 2 nitrogen and oxygen atoms in total. The number of aliphatic hydroxyl groups excluding tert-OH is 1. The lowest BCUT2D eigenvalue weighted by molar-refractivity contribution is 0.266. The SMILES string of the molecule is CC=CCC(N)CO. The molecule has 0 radical (unpaired) electrons. The van der Waals surface area contributed by atoms with Gasteiger partial charge in [-0.1, -0.05) is 12.2 Å². The molecular weight excluding hydrogens is 102 g/mol. The topological polar surface area (TPSA) is 46.2 Å². The number of nitrogens with two attached hydrogens (primary N) is 1. The first kappa shape index (κ1) is 7.66. The fourth-order valence-corrected chi connectivity index (χ4v) is 0.385. The summed E-state index contributed by atoms with van der Waals surface area (Å²) in [6.45, 7) is 2.01. The van der Waals surface area contributed by atoms with E-state index in [-0.39, 0.29) is 12.6 Å². The van der Waals surface area contributed by atoms with Crippen molar-refractivity contribution >= 4 is 0 Å². The fraction of sp³-hybridized carbons (Fsp3) is 0.667. The van der Waals surface area contributed by atoms with Crippen LogP contribution in [0, 0.1) is 0 Å². The first-order valence-corrected chi connectivity index (χ1v) is 2.78. The van der Waals surface area contributed by atoms with E-state index in [2.05, 4.69) is 0 Å². The van der Waals surface area contributed by atoms with E-state index >= 15 is 0 Å². The third kappa shape index (κ3) is 3.84. The highest BCUT2D eigenvalue weighted by Gasteiger charge is 1.92. The minimum atomic E-state index is -0.0776. The molecule has 0 aromatic rings. The Bertz CT molecular complexity index is 70.9. The Kier molecular flexibility index (Phi) is 4.61. The lowest BCUT2D eigenvalue weighted by atomic mass is 10.2. The number of rotatable bonds is 3. The van der Waals surface area contributed by atoms with Gasteiger partial charge in [0.15, 0.2) is 0 Å². The van der Waals surface area contributed by atoms with Crippen LogP contribution in [0.15, 0.2) is 12.2 Å². The van der Waals surface area contributed by atoms with Crippen molar-refractivity contribution in [1.29, 1.82) is 0 Å². The van der Waals surface area contributed by atoms with Gasteiger partial charge in [-0.25, -0.2) is 0 Å². The lowest BCUT2D eigenvalue weighted by Crippen LogP contribution is -2.22. The summed E-state index contributed by atoms with van der Waals surface area (Å²) in [7, 11) is 0. The number of hydrogen-bond acceptors (Lipinski definition) is 2. The van der Waals surface area contributed by atoms with Gasteiger partial charge in [-0.15, -0.1) is 0 Å². The van der Waals surface area contributed by atoms with Crippen molar-refractivity contribution in [1.82, 2.24) is 0 Å². The van der Waals surface area contributed by atoms with Crippen LogP contribution in [-0.2, 0) is 0 Å². The highest BCUT2D eigenvalue weighted by molar-refractivity contribution is 4.81. The maximum Gasteiger partial charge on any atom is 0.0585 e. The predicted molar refractivity (Wildman–Crippen MR) is 34.5 cm³/mol. The Labute approximate surface area is 50.0 Å². The van der Waals surface area contributed by atoms with E-state index in [0.717, 1.165) is 6.42 Å². The van der Waals surface area contributed by atoms with E-state index in [0.29, 0.717) is 0 Å². The summed E-state index contributed by atoms with van der Waals surface area (Å²) in [5.74, 6) is 0. The Morgan fingerprint density at radius 3 is 2.75 bits per heavy atom. The Balaban J connectivity index is 3.10. The first-order chi connectivity index (χ1) is 3.81. The van der Waals surface area contributed by atoms with Gasteiger partial charge in [-0.3, -0.25) is 0 Å². The average molecular weight is 115 g/mol. The van der Waals surface area contributed by atoms with Gasteiger partial charge in [0.05, 0.1) is 6.61 Å². The molecule has 0 rings (SSSR count). The minimum Gasteiger partial charge on any atom is -0.395 e. The number of aliphatic hydroxyl groups is 1. The summed E-state index contributed by atoms with van der Waals surface area (Å²) >= 11 is 0. The summed E-state index contributed by atoms with van der Waals surface area (Å²) in [5.41, 5.74) is 5.36. The van der Waals surface area contributed by atoms with Crippen molar-refractivity contribution in [2.75, 3.05) is 6.61 Å². The van der Waals surface area contributed by atoms with Crippen LogP contribution >= 0.6 is 0 Å². The Morgan fingerprint density at radius 2 is 2.38 bits per heavy atom. The maximum atomic E-state index is 8.40. The molecule has 0 aliphatic carbocycles. The Hall–Kier alpha value is -0.340. The molecule has 8 heavy (non-hydrogen) atoms. The second-order valence-corrected chi connectivity index (χ2v) is 1.75. The molecule has 0 aromatic heterocycles. The number of hydrogen-bond donors (Lipinski definition) is 2. The van der Waals surface area contributed by atoms with E-state index in [9.17, 15) is 0 Å². The smallest absolute Gasteiger partial charge is 0.0585 e. The van der Waals surface area contributed by atoms with Crippen molar-refractivity contribution < 1.29 is 5.11 Å². The molecule has 0 aliphatic rings. The molecule has 2 heteroatoms. The fourth-order valence-electron chi connectivity index (χ4n) is 0.385. The highest BCUT2D eigenvalue weighted by Crippen LogP contribution is 1.86. The summed E-state index contributed by atoms with van der Waals surface area (Å²) in [4.78, 5) is 0. The van der Waals surface area contributed by atoms with Crippen LogP contribution in [0.4, 0.5) is 0 Å². The zero-order valence-corrected chi connectivity index (χ0v) is 5.17. The van der Waals surface area contributed by atoms with Crippen LogP contribution in [-0.4, -0.2) is 17.8 Å². The molecule has 1 unspecified atom stereocenters. The molecule has 0 aromatic carbocycles. The van der Waals surface area contributed by atoms with Crippen LogP contribution < -0.4 is 5.73 Å². The van der Waals surface area contributed by atoms with Crippen molar-refractivity contribution in [3.05, 3.63) is 12.2 Å². The van der Waals surface area contributed by atoms with Crippen molar-refractivity contribution in [3.63, 3.8) is 0 Å². The van der Waals surface area contributed by atoms with E-state index in [4.69, 9.17) is 10.8 Å². The molecule has 0 spiro atoms. The zero-order valence-electron chi connectivity index (χ0n) is 5.17. The van der Waals surface area contributed by atoms with Gasteiger partial charge in [-0.05, 0) is 13.3 Å². The van der Waals surface area contributed by atoms with Crippen molar-refractivity contribution in [2.45, 2.75) is 19.4 Å². The molecule has 0 saturated heterocycles. The summed E-state index contributed by atoms with van der Waals surface area (Å²) in [6.07, 6.45) is 4.64. The van der Waals surface area contributed by atoms with Gasteiger partial charge >= 0.3 is 0 Å². The molecule has 0 aliphatic heterocycles. The quantitative estimate of drug-likeness (QED) is 0.519. The van der Waals surface area contributed by atoms with Crippen molar-refractivity contribution in [2.24, 2.45) is 5.73 Å². The molecule has 0 amide bonds. The average Bonchev–Trinajstić information content (AvgIpc) is 1.83. The third-order valence-electron chi connectivity index (χ3n) is 0.909. The second kappa shape index (κ2) is 4.81. The second-order valence-electron chi connectivity index (χ2n) is 1.75. The van der Waals surface area contributed by atoms with Gasteiger partial charge in [-0.2, -0.15) is 0 Å². The predicted octanol–water partition coefficient (Wildman–Crippen LogP) is 0.272. The van der Waals surface area contributed by atoms with E-state index in [1.807, 2.05) is 19.1 Å². The van der Waals surface area contributed by atoms with E-state index in [1.165, 1.54) is 0 Å². The van der Waals surface area contributed by atoms with Crippen molar-refractivity contribution in [3.8, 4) is 0 Å². The summed E-state index contributed by atoms with van der Waals surface area (Å²) in [6, 6.07) is -0.0776. The van der Waals surface area contributed by atoms with Crippen LogP contribution in [0.3, 0.4) is 0 Å². The highest BCUT2D eigenvalue weighted by atomic mass is 16.3. The molecule has 3 N–H and O–H groups in total. The molecule has 1 atom stereocenters. The monoisotopic (exact) mass is 115 g/mol. The van der Waals surface area contributed by atoms with Crippen LogP contribution in [0.2, 0.25) is 0 Å².